The third kappa shape index (κ3) is 4.39. The molecule has 4 aromatic rings. The van der Waals surface area contributed by atoms with E-state index in [0.29, 0.717) is 28.9 Å². The van der Waals surface area contributed by atoms with Crippen molar-refractivity contribution in [3.8, 4) is 0 Å². The van der Waals surface area contributed by atoms with Crippen molar-refractivity contribution in [3.63, 3.8) is 0 Å². The summed E-state index contributed by atoms with van der Waals surface area (Å²) in [5, 5.41) is 9.97. The Morgan fingerprint density at radius 3 is 2.54 bits per heavy atom. The molecule has 1 saturated carbocycles. The zero-order chi connectivity index (χ0) is 25.2. The number of halogens is 3. The van der Waals surface area contributed by atoms with Crippen molar-refractivity contribution < 1.29 is 18.7 Å². The van der Waals surface area contributed by atoms with Crippen molar-refractivity contribution >= 4 is 75.5 Å². The van der Waals surface area contributed by atoms with Crippen LogP contribution in [0.3, 0.4) is 0 Å². The fraction of sp³-hybridized carbons (Fsp3) is 0.250. The molecule has 186 valence electrons. The maximum absolute atomic E-state index is 15.4. The molecule has 9 heteroatoms. The second-order valence-electron chi connectivity index (χ2n) is 9.57. The van der Waals surface area contributed by atoms with E-state index in [9.17, 15) is 14.3 Å². The van der Waals surface area contributed by atoms with Crippen LogP contribution >= 0.6 is 23.4 Å². The number of carbonyl (C=O) groups is 1. The normalized spacial score (nSPS) is 15.2. The molecular formula is C28H24ClF2N2NaO2S. The molecule has 0 bridgehead atoms. The monoisotopic (exact) mass is 548 g/mol. The average molecular weight is 549 g/mol. The van der Waals surface area contributed by atoms with Gasteiger partial charge in [-0.2, -0.15) is 0 Å². The molecule has 4 nitrogen and oxygen atoms in total. The number of aromatic nitrogens is 1. The Morgan fingerprint density at radius 2 is 1.81 bits per heavy atom. The molecule has 0 unspecified atom stereocenters. The Balaban J connectivity index is 0.00000280. The van der Waals surface area contributed by atoms with Gasteiger partial charge in [-0.15, -0.1) is 0 Å². The number of aromatic carboxylic acids is 1. The summed E-state index contributed by atoms with van der Waals surface area (Å²) < 4.78 is 32.3. The second-order valence-corrected chi connectivity index (χ2v) is 11.0. The van der Waals surface area contributed by atoms with Gasteiger partial charge in [-0.25, -0.2) is 13.6 Å². The Kier molecular flexibility index (Phi) is 7.13. The average Bonchev–Trinajstić information content (AvgIpc) is 3.51. The topological polar surface area (TPSA) is 45.5 Å². The van der Waals surface area contributed by atoms with Crippen LogP contribution in [-0.2, 0) is 12.0 Å². The van der Waals surface area contributed by atoms with E-state index in [1.165, 1.54) is 48.4 Å². The Hall–Kier alpha value is -2.03. The molecule has 0 saturated heterocycles. The molecule has 1 aromatic heterocycles. The van der Waals surface area contributed by atoms with Crippen molar-refractivity contribution in [2.24, 2.45) is 0 Å². The molecular weight excluding hydrogens is 525 g/mol. The number of carboxylic acids is 1. The number of para-hydroxylation sites is 1. The van der Waals surface area contributed by atoms with Gasteiger partial charge in [-0.05, 0) is 55.7 Å². The van der Waals surface area contributed by atoms with E-state index in [-0.39, 0.29) is 44.9 Å². The third-order valence-electron chi connectivity index (χ3n) is 7.48. The van der Waals surface area contributed by atoms with E-state index in [4.69, 9.17) is 11.6 Å². The van der Waals surface area contributed by atoms with Gasteiger partial charge < -0.3 is 14.6 Å². The van der Waals surface area contributed by atoms with E-state index in [0.717, 1.165) is 24.0 Å². The molecule has 1 N–H and O–H groups in total. The predicted octanol–water partition coefficient (Wildman–Crippen LogP) is 6.63. The van der Waals surface area contributed by atoms with Gasteiger partial charge in [0.15, 0.2) is 11.6 Å². The van der Waals surface area contributed by atoms with Crippen molar-refractivity contribution in [2.45, 2.75) is 41.5 Å². The summed E-state index contributed by atoms with van der Waals surface area (Å²) in [5.74, 6) is -2.64. The van der Waals surface area contributed by atoms with E-state index >= 15 is 4.39 Å². The molecule has 1 fully saturated rings. The molecule has 6 rings (SSSR count). The maximum atomic E-state index is 15.4. The van der Waals surface area contributed by atoms with Crippen LogP contribution in [0.25, 0.3) is 10.9 Å². The molecule has 0 amide bonds. The molecule has 37 heavy (non-hydrogen) atoms. The van der Waals surface area contributed by atoms with Crippen LogP contribution < -0.4 is 4.90 Å². The van der Waals surface area contributed by atoms with Crippen molar-refractivity contribution in [1.29, 1.82) is 0 Å². The van der Waals surface area contributed by atoms with Crippen molar-refractivity contribution in [1.82, 2.24) is 4.57 Å². The van der Waals surface area contributed by atoms with E-state index in [2.05, 4.69) is 29.2 Å². The van der Waals surface area contributed by atoms with Crippen LogP contribution in [0.5, 0.6) is 0 Å². The van der Waals surface area contributed by atoms with Gasteiger partial charge in [0.1, 0.15) is 0 Å². The first-order valence-electron chi connectivity index (χ1n) is 11.8. The zero-order valence-electron chi connectivity index (χ0n) is 19.5. The fourth-order valence-corrected chi connectivity index (χ4v) is 6.73. The molecule has 1 aliphatic carbocycles. The zero-order valence-corrected chi connectivity index (χ0v) is 21.1. The van der Waals surface area contributed by atoms with Crippen LogP contribution in [0.1, 0.15) is 34.5 Å². The van der Waals surface area contributed by atoms with Gasteiger partial charge in [0.05, 0.1) is 16.1 Å². The first-order valence-corrected chi connectivity index (χ1v) is 13.0. The number of fused-ring (bicyclic) bond motifs is 3. The van der Waals surface area contributed by atoms with Crippen molar-refractivity contribution in [3.05, 3.63) is 88.1 Å². The molecule has 0 radical (unpaired) electrons. The van der Waals surface area contributed by atoms with Crippen LogP contribution in [0.2, 0.25) is 5.02 Å². The molecule has 1 aliphatic heterocycles. The molecule has 3 aromatic carbocycles. The first kappa shape index (κ1) is 26.6. The quantitative estimate of drug-likeness (QED) is 0.275. The van der Waals surface area contributed by atoms with Gasteiger partial charge in [-0.1, -0.05) is 47.6 Å². The first-order chi connectivity index (χ1) is 17.3. The molecule has 1 spiro atoms. The summed E-state index contributed by atoms with van der Waals surface area (Å²) in [6.07, 6.45) is 2.38. The van der Waals surface area contributed by atoms with Gasteiger partial charge in [0.2, 0.25) is 0 Å². The summed E-state index contributed by atoms with van der Waals surface area (Å²) in [6.45, 7) is 4.07. The third-order valence-corrected chi connectivity index (χ3v) is 9.03. The van der Waals surface area contributed by atoms with Gasteiger partial charge in [0.25, 0.3) is 0 Å². The summed E-state index contributed by atoms with van der Waals surface area (Å²) in [6, 6.07) is 16.0. The summed E-state index contributed by atoms with van der Waals surface area (Å²) in [7, 11) is 0. The van der Waals surface area contributed by atoms with Gasteiger partial charge in [-0.3, -0.25) is 0 Å². The van der Waals surface area contributed by atoms with Gasteiger partial charge in [0, 0.05) is 51.6 Å². The van der Waals surface area contributed by atoms with Crippen LogP contribution in [-0.4, -0.2) is 58.3 Å². The van der Waals surface area contributed by atoms with E-state index < -0.39 is 23.2 Å². The number of benzene rings is 3. The Bertz CT molecular complexity index is 1550. The van der Waals surface area contributed by atoms with E-state index in [1.807, 2.05) is 11.5 Å². The summed E-state index contributed by atoms with van der Waals surface area (Å²) in [5.41, 5.74) is 3.67. The Morgan fingerprint density at radius 1 is 1.05 bits per heavy atom. The Labute approximate surface area is 244 Å². The number of hydrogen-bond acceptors (Lipinski definition) is 3. The minimum absolute atomic E-state index is 0. The summed E-state index contributed by atoms with van der Waals surface area (Å²) >= 11 is 7.28. The SMILES string of the molecule is Cc1c(Sc2cccc(C(=O)O)c2F)c2ccc(Cl)c(F)c2n1CCN1CC2(CC2)c2ccccc21.[NaH]. The van der Waals surface area contributed by atoms with Crippen molar-refractivity contribution in [2.75, 3.05) is 18.0 Å². The molecule has 2 heterocycles. The summed E-state index contributed by atoms with van der Waals surface area (Å²) in [4.78, 5) is 14.7. The molecule has 0 atom stereocenters. The molecule has 2 aliphatic rings. The second kappa shape index (κ2) is 9.93. The fourth-order valence-electron chi connectivity index (χ4n) is 5.48. The van der Waals surface area contributed by atoms with Crippen LogP contribution in [0, 0.1) is 18.6 Å². The number of anilines is 1. The van der Waals surface area contributed by atoms with Gasteiger partial charge >= 0.3 is 35.5 Å². The number of rotatable bonds is 6. The van der Waals surface area contributed by atoms with E-state index in [1.54, 1.807) is 6.07 Å². The number of nitrogens with zero attached hydrogens (tertiary/aromatic N) is 2. The number of carboxylic acid groups (broad SMARTS) is 1. The van der Waals surface area contributed by atoms with Crippen LogP contribution in [0.15, 0.2) is 64.4 Å². The minimum atomic E-state index is -1.33. The van der Waals surface area contributed by atoms with Crippen LogP contribution in [0.4, 0.5) is 14.5 Å². The standard InChI is InChI=1S/C28H23ClF2N2O2S.Na.H/c1-16-26(36-22-8-4-5-17(23(22)30)27(34)35)18-9-10-20(29)24(31)25(18)33(16)14-13-32-15-28(11-12-28)19-6-2-3-7-21(19)32;;/h2-10H,11-15H2,1H3,(H,34,35);;. The number of hydrogen-bond donors (Lipinski definition) is 1. The predicted molar refractivity (Wildman–Crippen MR) is 146 cm³/mol.